The van der Waals surface area contributed by atoms with E-state index in [0.717, 1.165) is 19.6 Å². The minimum Gasteiger partial charge on any atom is -0.497 e. The van der Waals surface area contributed by atoms with Gasteiger partial charge in [-0.15, -0.1) is 0 Å². The maximum atomic E-state index is 13.5. The molecule has 4 rings (SSSR count). The zero-order valence-electron chi connectivity index (χ0n) is 17.1. The van der Waals surface area contributed by atoms with Crippen LogP contribution in [0.25, 0.3) is 5.57 Å². The number of hydrogen-bond donors (Lipinski definition) is 0. The number of rotatable bonds is 5. The van der Waals surface area contributed by atoms with Crippen LogP contribution in [-0.4, -0.2) is 61.4 Å². The van der Waals surface area contributed by atoms with Crippen LogP contribution in [0, 0.1) is 5.82 Å². The normalized spacial score (nSPS) is 17.8. The third kappa shape index (κ3) is 3.57. The molecule has 0 radical (unpaired) electrons. The first kappa shape index (κ1) is 20.1. The fourth-order valence-electron chi connectivity index (χ4n) is 3.94. The Morgan fingerprint density at radius 3 is 2.10 bits per heavy atom. The van der Waals surface area contributed by atoms with Gasteiger partial charge in [0.15, 0.2) is 0 Å². The zero-order chi connectivity index (χ0) is 21.3. The van der Waals surface area contributed by atoms with Crippen LogP contribution in [0.4, 0.5) is 10.1 Å². The van der Waals surface area contributed by atoms with Crippen molar-refractivity contribution < 1.29 is 18.7 Å². The van der Waals surface area contributed by atoms with Gasteiger partial charge in [-0.2, -0.15) is 0 Å². The number of halogens is 1. The largest absolute Gasteiger partial charge is 0.497 e. The molecule has 1 saturated heterocycles. The molecule has 0 bridgehead atoms. The Labute approximate surface area is 175 Å². The third-order valence-corrected chi connectivity index (χ3v) is 5.66. The van der Waals surface area contributed by atoms with E-state index in [4.69, 9.17) is 4.74 Å². The number of nitrogens with zero attached hydrogens (tertiary/aromatic N) is 3. The van der Waals surface area contributed by atoms with Gasteiger partial charge >= 0.3 is 0 Å². The van der Waals surface area contributed by atoms with Crippen molar-refractivity contribution >= 4 is 23.1 Å². The van der Waals surface area contributed by atoms with E-state index >= 15 is 0 Å². The van der Waals surface area contributed by atoms with Crippen LogP contribution in [0.2, 0.25) is 0 Å². The first-order valence-electron chi connectivity index (χ1n) is 10.0. The molecule has 1 fully saturated rings. The van der Waals surface area contributed by atoms with Gasteiger partial charge in [0.25, 0.3) is 11.8 Å². The van der Waals surface area contributed by atoms with E-state index in [-0.39, 0.29) is 11.7 Å². The lowest BCUT2D eigenvalue weighted by Gasteiger charge is -2.36. The van der Waals surface area contributed by atoms with E-state index in [1.54, 1.807) is 43.5 Å². The Morgan fingerprint density at radius 2 is 1.53 bits per heavy atom. The van der Waals surface area contributed by atoms with Crippen molar-refractivity contribution in [1.29, 1.82) is 0 Å². The third-order valence-electron chi connectivity index (χ3n) is 5.66. The van der Waals surface area contributed by atoms with E-state index in [1.807, 2.05) is 4.90 Å². The van der Waals surface area contributed by atoms with Gasteiger partial charge in [0.1, 0.15) is 17.3 Å². The van der Waals surface area contributed by atoms with Crippen molar-refractivity contribution in [2.24, 2.45) is 0 Å². The van der Waals surface area contributed by atoms with Crippen LogP contribution >= 0.6 is 0 Å². The fourth-order valence-corrected chi connectivity index (χ4v) is 3.94. The molecule has 2 aliphatic rings. The molecule has 0 unspecified atom stereocenters. The number of carbonyl (C=O) groups is 2. The maximum Gasteiger partial charge on any atom is 0.282 e. The van der Waals surface area contributed by atoms with E-state index in [2.05, 4.69) is 11.8 Å². The number of carbonyl (C=O) groups excluding carboxylic acids is 2. The van der Waals surface area contributed by atoms with Gasteiger partial charge in [0.05, 0.1) is 18.4 Å². The lowest BCUT2D eigenvalue weighted by molar-refractivity contribution is -0.120. The second-order valence-electron chi connectivity index (χ2n) is 7.30. The van der Waals surface area contributed by atoms with Crippen molar-refractivity contribution in [1.82, 2.24) is 9.80 Å². The lowest BCUT2D eigenvalue weighted by Crippen LogP contribution is -2.47. The van der Waals surface area contributed by atoms with Gasteiger partial charge in [0, 0.05) is 26.2 Å². The summed E-state index contributed by atoms with van der Waals surface area (Å²) < 4.78 is 18.7. The maximum absolute atomic E-state index is 13.5. The summed E-state index contributed by atoms with van der Waals surface area (Å²) in [6.07, 6.45) is 0. The smallest absolute Gasteiger partial charge is 0.282 e. The van der Waals surface area contributed by atoms with Gasteiger partial charge in [-0.25, -0.2) is 9.29 Å². The quantitative estimate of drug-likeness (QED) is 0.711. The average Bonchev–Trinajstić information content (AvgIpc) is 3.04. The van der Waals surface area contributed by atoms with Crippen molar-refractivity contribution in [3.8, 4) is 5.75 Å². The molecule has 2 aromatic rings. The minimum atomic E-state index is -0.398. The van der Waals surface area contributed by atoms with Crippen molar-refractivity contribution in [3.05, 3.63) is 65.6 Å². The SMILES string of the molecule is CCN1CCN(C2=C(c3ccc(F)cc3)C(=O)N(c3ccc(OC)cc3)C2=O)CC1. The highest BCUT2D eigenvalue weighted by molar-refractivity contribution is 6.45. The highest BCUT2D eigenvalue weighted by atomic mass is 19.1. The number of ether oxygens (including phenoxy) is 1. The van der Waals surface area contributed by atoms with E-state index in [0.29, 0.717) is 41.4 Å². The monoisotopic (exact) mass is 409 g/mol. The predicted octanol–water partition coefficient (Wildman–Crippen LogP) is 2.76. The number of imide groups is 1. The lowest BCUT2D eigenvalue weighted by atomic mass is 10.0. The molecule has 7 heteroatoms. The molecular weight excluding hydrogens is 385 g/mol. The fraction of sp³-hybridized carbons (Fsp3) is 0.304. The number of anilines is 1. The highest BCUT2D eigenvalue weighted by Crippen LogP contribution is 2.35. The summed E-state index contributed by atoms with van der Waals surface area (Å²) in [6, 6.07) is 12.5. The van der Waals surface area contributed by atoms with Crippen LogP contribution in [0.15, 0.2) is 54.2 Å². The number of hydrogen-bond acceptors (Lipinski definition) is 5. The molecule has 0 spiro atoms. The summed E-state index contributed by atoms with van der Waals surface area (Å²) in [5, 5.41) is 0. The van der Waals surface area contributed by atoms with Crippen LogP contribution in [-0.2, 0) is 9.59 Å². The average molecular weight is 409 g/mol. The van der Waals surface area contributed by atoms with Crippen LogP contribution in [0.5, 0.6) is 5.75 Å². The Kier molecular flexibility index (Phi) is 5.55. The number of benzene rings is 2. The van der Waals surface area contributed by atoms with Crippen LogP contribution in [0.3, 0.4) is 0 Å². The second-order valence-corrected chi connectivity index (χ2v) is 7.30. The second kappa shape index (κ2) is 8.28. The van der Waals surface area contributed by atoms with Crippen molar-refractivity contribution in [3.63, 3.8) is 0 Å². The van der Waals surface area contributed by atoms with Gasteiger partial charge < -0.3 is 14.5 Å². The Bertz CT molecular complexity index is 978. The minimum absolute atomic E-state index is 0.320. The topological polar surface area (TPSA) is 53.1 Å². The number of methoxy groups -OCH3 is 1. The van der Waals surface area contributed by atoms with Gasteiger partial charge in [-0.1, -0.05) is 19.1 Å². The van der Waals surface area contributed by atoms with E-state index in [1.165, 1.54) is 17.0 Å². The standard InChI is InChI=1S/C23H24FN3O3/c1-3-25-12-14-26(15-13-25)21-20(16-4-6-17(24)7-5-16)22(28)27(23(21)29)18-8-10-19(30-2)11-9-18/h4-11H,3,12-15H2,1-2H3. The number of piperazine rings is 1. The molecule has 2 amide bonds. The summed E-state index contributed by atoms with van der Waals surface area (Å²) in [7, 11) is 1.56. The van der Waals surface area contributed by atoms with Gasteiger partial charge in [-0.05, 0) is 48.5 Å². The Balaban J connectivity index is 1.75. The summed E-state index contributed by atoms with van der Waals surface area (Å²) in [5.41, 5.74) is 1.73. The molecule has 6 nitrogen and oxygen atoms in total. The van der Waals surface area contributed by atoms with Gasteiger partial charge in [-0.3, -0.25) is 9.59 Å². The van der Waals surface area contributed by atoms with Crippen LogP contribution in [0.1, 0.15) is 12.5 Å². The molecule has 0 N–H and O–H groups in total. The predicted molar refractivity (Wildman–Crippen MR) is 112 cm³/mol. The van der Waals surface area contributed by atoms with Gasteiger partial charge in [0.2, 0.25) is 0 Å². The van der Waals surface area contributed by atoms with Crippen LogP contribution < -0.4 is 9.64 Å². The van der Waals surface area contributed by atoms with E-state index < -0.39 is 5.91 Å². The van der Waals surface area contributed by atoms with Crippen molar-refractivity contribution in [2.45, 2.75) is 6.92 Å². The molecule has 0 aromatic heterocycles. The summed E-state index contributed by atoms with van der Waals surface area (Å²) in [6.45, 7) is 6.01. The molecule has 2 aromatic carbocycles. The summed E-state index contributed by atoms with van der Waals surface area (Å²) >= 11 is 0. The summed E-state index contributed by atoms with van der Waals surface area (Å²) in [4.78, 5) is 32.4. The number of amides is 2. The molecule has 0 saturated carbocycles. The van der Waals surface area contributed by atoms with Crippen molar-refractivity contribution in [2.75, 3.05) is 44.7 Å². The Hall–Kier alpha value is -3.19. The number of likely N-dealkylation sites (N-methyl/N-ethyl adjacent to an activating group) is 1. The first-order valence-corrected chi connectivity index (χ1v) is 10.0. The Morgan fingerprint density at radius 1 is 0.900 bits per heavy atom. The molecular formula is C23H24FN3O3. The van der Waals surface area contributed by atoms with E-state index in [9.17, 15) is 14.0 Å². The molecule has 0 aliphatic carbocycles. The molecule has 156 valence electrons. The molecule has 30 heavy (non-hydrogen) atoms. The molecule has 0 atom stereocenters. The highest BCUT2D eigenvalue weighted by Gasteiger charge is 2.43. The summed E-state index contributed by atoms with van der Waals surface area (Å²) in [5.74, 6) is -0.499. The molecule has 2 aliphatic heterocycles. The molecule has 2 heterocycles. The first-order chi connectivity index (χ1) is 14.5. The zero-order valence-corrected chi connectivity index (χ0v) is 17.1.